The van der Waals surface area contributed by atoms with E-state index in [1.807, 2.05) is 27.0 Å². The van der Waals surface area contributed by atoms with E-state index in [9.17, 15) is 14.4 Å². The van der Waals surface area contributed by atoms with Crippen LogP contribution in [-0.4, -0.2) is 48.0 Å². The van der Waals surface area contributed by atoms with Crippen molar-refractivity contribution >= 4 is 41.1 Å². The molecule has 6 nitrogen and oxygen atoms in total. The fraction of sp³-hybridized carbons (Fsp3) is 0.500. The molecule has 1 aromatic carbocycles. The summed E-state index contributed by atoms with van der Waals surface area (Å²) >= 11 is 7.56. The number of halogens is 1. The molecule has 1 atom stereocenters. The second-order valence-corrected chi connectivity index (χ2v) is 8.09. The summed E-state index contributed by atoms with van der Waals surface area (Å²) in [5.74, 6) is -0.857. The summed E-state index contributed by atoms with van der Waals surface area (Å²) in [6.45, 7) is 5.10. The number of hydrogen-bond acceptors (Lipinski definition) is 5. The molecule has 0 unspecified atom stereocenters. The molecule has 8 heteroatoms. The van der Waals surface area contributed by atoms with Crippen LogP contribution in [-0.2, 0) is 14.3 Å². The van der Waals surface area contributed by atoms with Crippen molar-refractivity contribution in [3.63, 3.8) is 0 Å². The third-order valence-corrected chi connectivity index (χ3v) is 4.15. The average Bonchev–Trinajstić information content (AvgIpc) is 2.55. The van der Waals surface area contributed by atoms with E-state index < -0.39 is 36.0 Å². The number of benzene rings is 1. The molecule has 0 heterocycles. The van der Waals surface area contributed by atoms with E-state index in [1.54, 1.807) is 36.0 Å². The van der Waals surface area contributed by atoms with Crippen molar-refractivity contribution < 1.29 is 19.1 Å². The second-order valence-electron chi connectivity index (χ2n) is 6.69. The smallest absolute Gasteiger partial charge is 0.329 e. The lowest BCUT2D eigenvalue weighted by Crippen LogP contribution is -2.45. The van der Waals surface area contributed by atoms with Crippen LogP contribution in [0.1, 0.15) is 37.6 Å². The average molecular weight is 401 g/mol. The van der Waals surface area contributed by atoms with Gasteiger partial charge >= 0.3 is 5.97 Å². The number of rotatable bonds is 8. The Hall–Kier alpha value is -1.73. The van der Waals surface area contributed by atoms with Gasteiger partial charge in [-0.15, -0.1) is 0 Å². The van der Waals surface area contributed by atoms with Gasteiger partial charge in [0, 0.05) is 5.54 Å². The topological polar surface area (TPSA) is 84.5 Å². The first-order valence-electron chi connectivity index (χ1n) is 8.16. The molecule has 0 spiro atoms. The molecule has 0 aliphatic heterocycles. The van der Waals surface area contributed by atoms with Gasteiger partial charge in [0.15, 0.2) is 6.61 Å². The molecule has 0 saturated carbocycles. The maximum Gasteiger partial charge on any atom is 0.329 e. The van der Waals surface area contributed by atoms with Crippen molar-refractivity contribution in [2.75, 3.05) is 18.6 Å². The van der Waals surface area contributed by atoms with Gasteiger partial charge in [-0.25, -0.2) is 4.79 Å². The number of esters is 1. The molecule has 0 aliphatic carbocycles. The Balaban J connectivity index is 2.70. The molecular weight excluding hydrogens is 376 g/mol. The molecule has 0 bridgehead atoms. The van der Waals surface area contributed by atoms with Gasteiger partial charge in [0.05, 0.1) is 10.6 Å². The highest BCUT2D eigenvalue weighted by atomic mass is 35.5. The lowest BCUT2D eigenvalue weighted by molar-refractivity contribution is -0.150. The Kier molecular flexibility index (Phi) is 8.95. The molecule has 1 rings (SSSR count). The van der Waals surface area contributed by atoms with Crippen molar-refractivity contribution in [2.45, 2.75) is 38.8 Å². The molecule has 26 heavy (non-hydrogen) atoms. The molecule has 0 aliphatic rings. The van der Waals surface area contributed by atoms with Crippen LogP contribution in [0.5, 0.6) is 0 Å². The fourth-order valence-electron chi connectivity index (χ4n) is 2.06. The molecule has 144 valence electrons. The zero-order valence-corrected chi connectivity index (χ0v) is 17.0. The number of nitrogens with one attached hydrogen (secondary N) is 2. The SMILES string of the molecule is CSCC[C@@H](NC(=O)c1ccccc1Cl)C(=O)OCC(=O)NC(C)(C)C. The van der Waals surface area contributed by atoms with Crippen LogP contribution in [0, 0.1) is 0 Å². The van der Waals surface area contributed by atoms with Crippen LogP contribution in [0.15, 0.2) is 24.3 Å². The lowest BCUT2D eigenvalue weighted by atomic mass is 10.1. The van der Waals surface area contributed by atoms with Crippen molar-refractivity contribution in [1.29, 1.82) is 0 Å². The minimum atomic E-state index is -0.853. The first-order chi connectivity index (χ1) is 12.1. The summed E-state index contributed by atoms with van der Waals surface area (Å²) in [5.41, 5.74) is -0.137. The second kappa shape index (κ2) is 10.4. The summed E-state index contributed by atoms with van der Waals surface area (Å²) in [7, 11) is 0. The van der Waals surface area contributed by atoms with Gasteiger partial charge in [0.2, 0.25) is 0 Å². The highest BCUT2D eigenvalue weighted by Crippen LogP contribution is 2.15. The summed E-state index contributed by atoms with van der Waals surface area (Å²) in [5, 5.41) is 5.64. The molecule has 2 N–H and O–H groups in total. The summed E-state index contributed by atoms with van der Waals surface area (Å²) in [4.78, 5) is 36.5. The Morgan fingerprint density at radius 1 is 1.23 bits per heavy atom. The Labute approximate surface area is 163 Å². The monoisotopic (exact) mass is 400 g/mol. The van der Waals surface area contributed by atoms with Crippen LogP contribution in [0.2, 0.25) is 5.02 Å². The molecule has 0 radical (unpaired) electrons. The quantitative estimate of drug-likeness (QED) is 0.655. The Bertz CT molecular complexity index is 646. The highest BCUT2D eigenvalue weighted by Gasteiger charge is 2.24. The van der Waals surface area contributed by atoms with Gasteiger partial charge in [0.1, 0.15) is 6.04 Å². The van der Waals surface area contributed by atoms with Gasteiger partial charge in [-0.1, -0.05) is 23.7 Å². The van der Waals surface area contributed by atoms with Crippen LogP contribution in [0.4, 0.5) is 0 Å². The number of amides is 2. The van der Waals surface area contributed by atoms with Crippen LogP contribution in [0.3, 0.4) is 0 Å². The number of ether oxygens (including phenoxy) is 1. The maximum absolute atomic E-state index is 12.4. The van der Waals surface area contributed by atoms with Crippen LogP contribution < -0.4 is 10.6 Å². The minimum Gasteiger partial charge on any atom is -0.454 e. The van der Waals surface area contributed by atoms with Gasteiger partial charge in [-0.05, 0) is 51.3 Å². The summed E-state index contributed by atoms with van der Waals surface area (Å²) < 4.78 is 5.07. The minimum absolute atomic E-state index is 0.279. The molecule has 0 fully saturated rings. The van der Waals surface area contributed by atoms with E-state index in [-0.39, 0.29) is 5.56 Å². The van der Waals surface area contributed by atoms with E-state index in [0.717, 1.165) is 0 Å². The summed E-state index contributed by atoms with van der Waals surface area (Å²) in [6, 6.07) is 5.72. The molecule has 2 amide bonds. The normalized spacial score (nSPS) is 12.2. The Morgan fingerprint density at radius 2 is 1.88 bits per heavy atom. The fourth-order valence-corrected chi connectivity index (χ4v) is 2.75. The zero-order valence-electron chi connectivity index (χ0n) is 15.4. The van der Waals surface area contributed by atoms with E-state index in [0.29, 0.717) is 17.2 Å². The third-order valence-electron chi connectivity index (χ3n) is 3.18. The first-order valence-corrected chi connectivity index (χ1v) is 9.93. The molecule has 0 aromatic heterocycles. The van der Waals surface area contributed by atoms with E-state index >= 15 is 0 Å². The standard InChI is InChI=1S/C18H25ClN2O4S/c1-18(2,3)21-15(22)11-25-17(24)14(9-10-26-4)20-16(23)12-7-5-6-8-13(12)19/h5-8,14H,9-11H2,1-4H3,(H,20,23)(H,21,22)/t14-/m1/s1. The van der Waals surface area contributed by atoms with Crippen molar-refractivity contribution in [1.82, 2.24) is 10.6 Å². The zero-order chi connectivity index (χ0) is 19.7. The summed E-state index contributed by atoms with van der Waals surface area (Å²) in [6.07, 6.45) is 2.28. The van der Waals surface area contributed by atoms with E-state index in [2.05, 4.69) is 10.6 Å². The van der Waals surface area contributed by atoms with Gasteiger partial charge in [-0.2, -0.15) is 11.8 Å². The Morgan fingerprint density at radius 3 is 2.46 bits per heavy atom. The molecule has 1 aromatic rings. The first kappa shape index (κ1) is 22.3. The number of thioether (sulfide) groups is 1. The van der Waals surface area contributed by atoms with Gasteiger partial charge in [-0.3, -0.25) is 9.59 Å². The number of hydrogen-bond donors (Lipinski definition) is 2. The largest absolute Gasteiger partial charge is 0.454 e. The number of carbonyl (C=O) groups excluding carboxylic acids is 3. The van der Waals surface area contributed by atoms with Crippen LogP contribution in [0.25, 0.3) is 0 Å². The van der Waals surface area contributed by atoms with Gasteiger partial charge < -0.3 is 15.4 Å². The van der Waals surface area contributed by atoms with Crippen LogP contribution >= 0.6 is 23.4 Å². The van der Waals surface area contributed by atoms with Gasteiger partial charge in [0.25, 0.3) is 11.8 Å². The number of carbonyl (C=O) groups is 3. The maximum atomic E-state index is 12.4. The molecule has 0 saturated heterocycles. The van der Waals surface area contributed by atoms with Crippen molar-refractivity contribution in [3.05, 3.63) is 34.9 Å². The van der Waals surface area contributed by atoms with Crippen molar-refractivity contribution in [3.8, 4) is 0 Å². The highest BCUT2D eigenvalue weighted by molar-refractivity contribution is 7.98. The third kappa shape index (κ3) is 8.10. The predicted octanol–water partition coefficient (Wildman–Crippen LogP) is 2.65. The predicted molar refractivity (Wildman–Crippen MR) is 105 cm³/mol. The van der Waals surface area contributed by atoms with Crippen molar-refractivity contribution in [2.24, 2.45) is 0 Å². The van der Waals surface area contributed by atoms with E-state index in [1.165, 1.54) is 0 Å². The van der Waals surface area contributed by atoms with E-state index in [4.69, 9.17) is 16.3 Å². The lowest BCUT2D eigenvalue weighted by Gasteiger charge is -2.21. The molecular formula is C18H25ClN2O4S.